The van der Waals surface area contributed by atoms with Crippen molar-refractivity contribution in [3.63, 3.8) is 0 Å². The van der Waals surface area contributed by atoms with Gasteiger partial charge in [-0.05, 0) is 41.2 Å². The highest BCUT2D eigenvalue weighted by atomic mass is 31.2. The van der Waals surface area contributed by atoms with Gasteiger partial charge in [-0.1, -0.05) is 91.8 Å². The average Bonchev–Trinajstić information content (AvgIpc) is 3.53. The van der Waals surface area contributed by atoms with Crippen molar-refractivity contribution < 1.29 is 42.1 Å². The van der Waals surface area contributed by atoms with Crippen LogP contribution in [0.5, 0.6) is 5.75 Å². The summed E-state index contributed by atoms with van der Waals surface area (Å²) in [4.78, 5) is 41.2. The number of nitrogens with zero attached hydrogens (tertiary/aromatic N) is 2. The Labute approximate surface area is 285 Å². The highest BCUT2D eigenvalue weighted by Gasteiger charge is 2.30. The van der Waals surface area contributed by atoms with Gasteiger partial charge in [0.1, 0.15) is 17.8 Å². The molecule has 0 bridgehead atoms. The molecule has 1 aromatic heterocycles. The number of carboxylic acid groups (broad SMARTS) is 1. The topological polar surface area (TPSA) is 179 Å². The van der Waals surface area contributed by atoms with Crippen molar-refractivity contribution in [3.05, 3.63) is 113 Å². The van der Waals surface area contributed by atoms with Gasteiger partial charge in [0.15, 0.2) is 5.82 Å². The predicted octanol–water partition coefficient (Wildman–Crippen LogP) is 5.96. The summed E-state index contributed by atoms with van der Waals surface area (Å²) in [5.74, 6) is -1.07. The number of rotatable bonds is 19. The number of carbonyl (C=O) groups is 3. The Balaban J connectivity index is 1.46. The Bertz CT molecular complexity index is 1650. The molecule has 3 N–H and O–H groups in total. The van der Waals surface area contributed by atoms with Crippen molar-refractivity contribution in [3.8, 4) is 5.75 Å². The largest absolute Gasteiger partial charge is 0.530 e. The first-order valence-electron chi connectivity index (χ1n) is 15.8. The van der Waals surface area contributed by atoms with Crippen molar-refractivity contribution in [2.24, 2.45) is 5.92 Å². The molecule has 0 aliphatic rings. The molecule has 3 aromatic carbocycles. The second kappa shape index (κ2) is 18.1. The molecule has 13 nitrogen and oxygen atoms in total. The van der Waals surface area contributed by atoms with E-state index in [4.69, 9.17) is 18.1 Å². The van der Waals surface area contributed by atoms with Crippen LogP contribution < -0.4 is 15.2 Å². The lowest BCUT2D eigenvalue weighted by Crippen LogP contribution is -2.48. The van der Waals surface area contributed by atoms with E-state index >= 15 is 0 Å². The van der Waals surface area contributed by atoms with E-state index in [0.29, 0.717) is 17.8 Å². The van der Waals surface area contributed by atoms with Crippen LogP contribution in [0.1, 0.15) is 68.1 Å². The maximum Gasteiger partial charge on any atom is 0.530 e. The van der Waals surface area contributed by atoms with Gasteiger partial charge in [0.2, 0.25) is 17.7 Å². The highest BCUT2D eigenvalue weighted by Crippen LogP contribution is 2.51. The molecule has 1 heterocycles. The number of phosphoric acid groups is 1. The van der Waals surface area contributed by atoms with Crippen LogP contribution in [0.15, 0.2) is 89.5 Å². The normalized spacial score (nSPS) is 12.7. The van der Waals surface area contributed by atoms with Gasteiger partial charge < -0.3 is 24.8 Å². The van der Waals surface area contributed by atoms with Crippen LogP contribution in [0.25, 0.3) is 0 Å². The zero-order valence-electron chi connectivity index (χ0n) is 27.6. The average molecular weight is 693 g/mol. The first-order chi connectivity index (χ1) is 23.5. The van der Waals surface area contributed by atoms with Gasteiger partial charge >= 0.3 is 13.8 Å². The van der Waals surface area contributed by atoms with Gasteiger partial charge in [0.25, 0.3) is 0 Å². The van der Waals surface area contributed by atoms with Crippen molar-refractivity contribution >= 4 is 25.6 Å². The van der Waals surface area contributed by atoms with Crippen molar-refractivity contribution in [1.29, 1.82) is 0 Å². The van der Waals surface area contributed by atoms with Gasteiger partial charge in [-0.15, -0.1) is 0 Å². The van der Waals surface area contributed by atoms with E-state index in [0.717, 1.165) is 11.1 Å². The monoisotopic (exact) mass is 692 g/mol. The first kappa shape index (κ1) is 37.0. The molecular formula is C35H41N4O9P. The maximum atomic E-state index is 13.8. The smallest absolute Gasteiger partial charge is 0.481 e. The van der Waals surface area contributed by atoms with E-state index in [2.05, 4.69) is 20.8 Å². The number of carboxylic acids is 1. The Morgan fingerprint density at radius 1 is 0.837 bits per heavy atom. The third-order valence-electron chi connectivity index (χ3n) is 7.07. The summed E-state index contributed by atoms with van der Waals surface area (Å²) < 4.78 is 36.3. The van der Waals surface area contributed by atoms with Crippen LogP contribution in [0.4, 0.5) is 0 Å². The molecule has 0 spiro atoms. The lowest BCUT2D eigenvalue weighted by atomic mass is 10.0. The summed E-state index contributed by atoms with van der Waals surface area (Å²) >= 11 is 0. The standard InChI is InChI=1S/C35H41N4O9P/c1-24(2)20-32-38-35(47-39-32)30(18-19-33(41)42)37-34(43)31(36-25(3)40)21-26-14-16-29(17-15-26)48-49(44,45-22-27-10-6-4-7-11-27)46-23-28-12-8-5-9-13-28/h4-17,24,30-31H,18-23H2,1-3H3,(H,36,40)(H,37,43)(H,41,42)/t30-,31-/m0/s1. The number of amides is 2. The fourth-order valence-corrected chi connectivity index (χ4v) is 5.88. The molecule has 4 rings (SSSR count). The number of carbonyl (C=O) groups excluding carboxylic acids is 2. The van der Waals surface area contributed by atoms with Crippen molar-refractivity contribution in [1.82, 2.24) is 20.8 Å². The molecule has 0 saturated carbocycles. The lowest BCUT2D eigenvalue weighted by Gasteiger charge is -2.21. The second-order valence-corrected chi connectivity index (χ2v) is 13.4. The Morgan fingerprint density at radius 2 is 1.43 bits per heavy atom. The number of aromatic nitrogens is 2. The molecule has 0 aliphatic heterocycles. The number of hydrogen-bond acceptors (Lipinski definition) is 10. The van der Waals surface area contributed by atoms with Gasteiger partial charge in [-0.25, -0.2) is 4.57 Å². The minimum Gasteiger partial charge on any atom is -0.481 e. The van der Waals surface area contributed by atoms with E-state index in [1.54, 1.807) is 24.3 Å². The fraction of sp³-hybridized carbons (Fsp3) is 0.343. The predicted molar refractivity (Wildman–Crippen MR) is 179 cm³/mol. The molecular weight excluding hydrogens is 651 g/mol. The van der Waals surface area contributed by atoms with E-state index in [9.17, 15) is 24.1 Å². The summed E-state index contributed by atoms with van der Waals surface area (Å²) in [7, 11) is -4.10. The zero-order chi connectivity index (χ0) is 35.2. The number of hydrogen-bond donors (Lipinski definition) is 3. The molecule has 0 fully saturated rings. The molecule has 0 radical (unpaired) electrons. The fourth-order valence-electron chi connectivity index (χ4n) is 4.71. The zero-order valence-corrected chi connectivity index (χ0v) is 28.5. The van der Waals surface area contributed by atoms with Gasteiger partial charge in [0.05, 0.1) is 13.2 Å². The lowest BCUT2D eigenvalue weighted by molar-refractivity contribution is -0.137. The number of phosphoric ester groups is 1. The van der Waals surface area contributed by atoms with E-state index in [-0.39, 0.29) is 50.0 Å². The van der Waals surface area contributed by atoms with E-state index in [1.165, 1.54) is 6.92 Å². The van der Waals surface area contributed by atoms with Crippen LogP contribution in [-0.2, 0) is 54.1 Å². The van der Waals surface area contributed by atoms with Crippen molar-refractivity contribution in [2.45, 2.75) is 71.8 Å². The summed E-state index contributed by atoms with van der Waals surface area (Å²) in [5, 5.41) is 18.6. The van der Waals surface area contributed by atoms with Gasteiger partial charge in [0, 0.05) is 26.2 Å². The molecule has 260 valence electrons. The molecule has 2 amide bonds. The minimum absolute atomic E-state index is 0.00194. The van der Waals surface area contributed by atoms with Gasteiger partial charge in [-0.3, -0.25) is 23.4 Å². The molecule has 2 atom stereocenters. The van der Waals surface area contributed by atoms with Crippen LogP contribution in [0, 0.1) is 5.92 Å². The number of aliphatic carboxylic acids is 1. The quantitative estimate of drug-likeness (QED) is 0.0988. The SMILES string of the molecule is CC(=O)N[C@@H](Cc1ccc(OP(=O)(OCc2ccccc2)OCc2ccccc2)cc1)C(=O)N[C@@H](CCC(=O)O)c1nc(CC(C)C)no1. The van der Waals surface area contributed by atoms with Crippen molar-refractivity contribution in [2.75, 3.05) is 0 Å². The van der Waals surface area contributed by atoms with E-state index < -0.39 is 37.7 Å². The van der Waals surface area contributed by atoms with Crippen LogP contribution >= 0.6 is 7.82 Å². The number of nitrogens with one attached hydrogen (secondary N) is 2. The number of benzene rings is 3. The summed E-state index contributed by atoms with van der Waals surface area (Å²) in [6.45, 7) is 5.27. The van der Waals surface area contributed by atoms with Crippen LogP contribution in [-0.4, -0.2) is 39.1 Å². The minimum atomic E-state index is -4.10. The summed E-state index contributed by atoms with van der Waals surface area (Å²) in [6.07, 6.45) is 0.368. The first-order valence-corrected chi connectivity index (χ1v) is 17.3. The molecule has 49 heavy (non-hydrogen) atoms. The third-order valence-corrected chi connectivity index (χ3v) is 8.40. The molecule has 14 heteroatoms. The molecule has 0 aliphatic carbocycles. The van der Waals surface area contributed by atoms with Crippen LogP contribution in [0.2, 0.25) is 0 Å². The summed E-state index contributed by atoms with van der Waals surface area (Å²) in [6, 6.07) is 23.0. The molecule has 0 unspecified atom stereocenters. The second-order valence-electron chi connectivity index (χ2n) is 11.8. The Morgan fingerprint density at radius 3 is 1.96 bits per heavy atom. The highest BCUT2D eigenvalue weighted by molar-refractivity contribution is 7.48. The Kier molecular flexibility index (Phi) is 13.6. The summed E-state index contributed by atoms with van der Waals surface area (Å²) in [5.41, 5.74) is 2.21. The van der Waals surface area contributed by atoms with E-state index in [1.807, 2.05) is 74.5 Å². The van der Waals surface area contributed by atoms with Gasteiger partial charge in [-0.2, -0.15) is 4.98 Å². The Hall–Kier alpha value is -4.84. The maximum absolute atomic E-state index is 13.8. The molecule has 0 saturated heterocycles. The van der Waals surface area contributed by atoms with Crippen LogP contribution in [0.3, 0.4) is 0 Å². The molecule has 4 aromatic rings. The third kappa shape index (κ3) is 12.6.